The Hall–Kier alpha value is 1.06. The molecule has 0 unspecified atom stereocenters. The van der Waals surface area contributed by atoms with E-state index in [1.807, 2.05) is 0 Å². The molecular formula is C16H36BNa. The Morgan fingerprint density at radius 1 is 0.500 bits per heavy atom. The molecule has 104 valence electrons. The van der Waals surface area contributed by atoms with E-state index >= 15 is 0 Å². The Morgan fingerprint density at radius 2 is 0.722 bits per heavy atom. The predicted molar refractivity (Wildman–Crippen MR) is 84.6 cm³/mol. The fourth-order valence-electron chi connectivity index (χ4n) is 3.41. The maximum absolute atomic E-state index is 2.35. The maximum atomic E-state index is 2.35. The zero-order valence-electron chi connectivity index (χ0n) is 14.1. The van der Waals surface area contributed by atoms with Gasteiger partial charge in [0.2, 0.25) is 0 Å². The van der Waals surface area contributed by atoms with E-state index in [1.54, 1.807) is 25.3 Å². The van der Waals surface area contributed by atoms with E-state index in [9.17, 15) is 0 Å². The summed E-state index contributed by atoms with van der Waals surface area (Å²) in [6.07, 6.45) is 17.6. The van der Waals surface area contributed by atoms with Crippen LogP contribution >= 0.6 is 0 Å². The first-order valence-electron chi connectivity index (χ1n) is 8.46. The standard InChI is InChI=1S/C16H36B.Na/c1-5-9-13-17(14-10-6-2,15-11-7-3)16-12-8-4;/h5-16H2,1-4H3;/q-1;+1. The summed E-state index contributed by atoms with van der Waals surface area (Å²) < 4.78 is 0. The van der Waals surface area contributed by atoms with Gasteiger partial charge in [0.15, 0.2) is 0 Å². The molecule has 0 aliphatic heterocycles. The fourth-order valence-corrected chi connectivity index (χ4v) is 3.41. The van der Waals surface area contributed by atoms with Gasteiger partial charge in [-0.3, -0.25) is 0 Å². The van der Waals surface area contributed by atoms with E-state index in [2.05, 4.69) is 27.7 Å². The first kappa shape index (κ1) is 21.4. The van der Waals surface area contributed by atoms with Gasteiger partial charge in [-0.1, -0.05) is 79.1 Å². The minimum absolute atomic E-state index is 0. The molecule has 0 rings (SSSR count). The first-order chi connectivity index (χ1) is 8.24. The summed E-state index contributed by atoms with van der Waals surface area (Å²) in [6.45, 7) is 9.39. The average molecular weight is 262 g/mol. The topological polar surface area (TPSA) is 0 Å². The molecule has 2 heteroatoms. The molecule has 18 heavy (non-hydrogen) atoms. The predicted octanol–water partition coefficient (Wildman–Crippen LogP) is 3.64. The van der Waals surface area contributed by atoms with Crippen LogP contribution in [-0.4, -0.2) is 6.15 Å². The second kappa shape index (κ2) is 14.5. The molecule has 0 atom stereocenters. The van der Waals surface area contributed by atoms with Crippen molar-refractivity contribution in [3.05, 3.63) is 0 Å². The van der Waals surface area contributed by atoms with Gasteiger partial charge in [-0.25, -0.2) is 0 Å². The van der Waals surface area contributed by atoms with E-state index < -0.39 is 0 Å². The Labute approximate surface area is 139 Å². The smallest absolute Gasteiger partial charge is 0.178 e. The Kier molecular flexibility index (Phi) is 17.2. The van der Waals surface area contributed by atoms with Crippen LogP contribution in [0, 0.1) is 0 Å². The van der Waals surface area contributed by atoms with Gasteiger partial charge >= 0.3 is 29.6 Å². The van der Waals surface area contributed by atoms with Crippen molar-refractivity contribution in [3.8, 4) is 0 Å². The van der Waals surface area contributed by atoms with E-state index in [-0.39, 0.29) is 35.7 Å². The number of hydrogen-bond donors (Lipinski definition) is 0. The summed E-state index contributed by atoms with van der Waals surface area (Å²) in [5.41, 5.74) is 0. The third-order valence-corrected chi connectivity index (χ3v) is 4.68. The van der Waals surface area contributed by atoms with E-state index in [0.29, 0.717) is 0 Å². The van der Waals surface area contributed by atoms with E-state index in [4.69, 9.17) is 0 Å². The SMILES string of the molecule is CCCC[B-](CCCC)(CCCC)CCCC.[Na+]. The summed E-state index contributed by atoms with van der Waals surface area (Å²) in [5.74, 6) is 0. The number of hydrogen-bond acceptors (Lipinski definition) is 0. The Balaban J connectivity index is 0. The van der Waals surface area contributed by atoms with Crippen molar-refractivity contribution in [2.75, 3.05) is 0 Å². The van der Waals surface area contributed by atoms with Crippen molar-refractivity contribution in [2.45, 2.75) is 104 Å². The van der Waals surface area contributed by atoms with Gasteiger partial charge in [-0.2, -0.15) is 25.3 Å². The van der Waals surface area contributed by atoms with Crippen LogP contribution in [0.25, 0.3) is 0 Å². The zero-order valence-corrected chi connectivity index (χ0v) is 16.1. The minimum Gasteiger partial charge on any atom is -0.178 e. The summed E-state index contributed by atoms with van der Waals surface area (Å²) >= 11 is 0. The summed E-state index contributed by atoms with van der Waals surface area (Å²) in [4.78, 5) is 0. The number of rotatable bonds is 12. The van der Waals surface area contributed by atoms with Crippen LogP contribution in [0.1, 0.15) is 79.1 Å². The molecule has 0 aromatic carbocycles. The molecule has 0 aliphatic rings. The maximum Gasteiger partial charge on any atom is 1.00 e. The molecule has 0 nitrogen and oxygen atoms in total. The molecule has 0 fully saturated rings. The second-order valence-corrected chi connectivity index (χ2v) is 6.30. The summed E-state index contributed by atoms with van der Waals surface area (Å²) in [6, 6.07) is 0. The van der Waals surface area contributed by atoms with E-state index in [0.717, 1.165) is 0 Å². The normalized spacial score (nSPS) is 11.3. The van der Waals surface area contributed by atoms with Gasteiger partial charge in [-0.15, -0.1) is 0 Å². The zero-order chi connectivity index (χ0) is 13.0. The molecule has 0 N–H and O–H groups in total. The van der Waals surface area contributed by atoms with Crippen molar-refractivity contribution in [1.29, 1.82) is 0 Å². The third kappa shape index (κ3) is 9.93. The van der Waals surface area contributed by atoms with Gasteiger partial charge in [0, 0.05) is 6.15 Å². The van der Waals surface area contributed by atoms with Crippen LogP contribution in [0.2, 0.25) is 25.3 Å². The van der Waals surface area contributed by atoms with Crippen molar-refractivity contribution < 1.29 is 29.6 Å². The fraction of sp³-hybridized carbons (Fsp3) is 1.00. The summed E-state index contributed by atoms with van der Waals surface area (Å²) in [5, 5.41) is 0. The Morgan fingerprint density at radius 3 is 0.889 bits per heavy atom. The van der Waals surface area contributed by atoms with Crippen molar-refractivity contribution in [3.63, 3.8) is 0 Å². The molecule has 0 aromatic heterocycles. The number of unbranched alkanes of at least 4 members (excludes halogenated alkanes) is 4. The van der Waals surface area contributed by atoms with Crippen molar-refractivity contribution in [1.82, 2.24) is 0 Å². The molecule has 0 aromatic rings. The van der Waals surface area contributed by atoms with Crippen LogP contribution in [0.3, 0.4) is 0 Å². The van der Waals surface area contributed by atoms with Crippen molar-refractivity contribution in [2.24, 2.45) is 0 Å². The quantitative estimate of drug-likeness (QED) is 0.471. The molecular weight excluding hydrogens is 226 g/mol. The average Bonchev–Trinajstić information content (AvgIpc) is 2.37. The van der Waals surface area contributed by atoms with Gasteiger partial charge < -0.3 is 0 Å². The molecule has 0 aliphatic carbocycles. The van der Waals surface area contributed by atoms with Crippen LogP contribution in [0.5, 0.6) is 0 Å². The molecule has 0 saturated carbocycles. The van der Waals surface area contributed by atoms with E-state index in [1.165, 1.54) is 51.4 Å². The van der Waals surface area contributed by atoms with Crippen molar-refractivity contribution >= 4 is 6.15 Å². The van der Waals surface area contributed by atoms with Gasteiger partial charge in [0.25, 0.3) is 0 Å². The third-order valence-electron chi connectivity index (χ3n) is 4.68. The largest absolute Gasteiger partial charge is 1.00 e. The molecule has 0 heterocycles. The minimum atomic E-state index is -0.00722. The molecule has 0 spiro atoms. The second-order valence-electron chi connectivity index (χ2n) is 6.30. The molecule has 0 saturated heterocycles. The first-order valence-corrected chi connectivity index (χ1v) is 8.46. The summed E-state index contributed by atoms with van der Waals surface area (Å²) in [7, 11) is 0. The monoisotopic (exact) mass is 262 g/mol. The van der Waals surface area contributed by atoms with Crippen LogP contribution in [-0.2, 0) is 0 Å². The van der Waals surface area contributed by atoms with Gasteiger partial charge in [0.1, 0.15) is 0 Å². The van der Waals surface area contributed by atoms with Crippen LogP contribution in [0.15, 0.2) is 0 Å². The molecule has 0 amide bonds. The molecule has 0 radical (unpaired) electrons. The van der Waals surface area contributed by atoms with Crippen LogP contribution in [0.4, 0.5) is 0 Å². The van der Waals surface area contributed by atoms with Crippen LogP contribution < -0.4 is 29.6 Å². The van der Waals surface area contributed by atoms with Gasteiger partial charge in [0.05, 0.1) is 0 Å². The molecule has 0 bridgehead atoms. The van der Waals surface area contributed by atoms with Gasteiger partial charge in [-0.05, 0) is 0 Å². The Bertz CT molecular complexity index is 122.